The molecule has 1 heterocycles. The van der Waals surface area contributed by atoms with E-state index in [1.54, 1.807) is 4.90 Å². The summed E-state index contributed by atoms with van der Waals surface area (Å²) < 4.78 is 143. The molecule has 2 heteroatoms. The lowest BCUT2D eigenvalue weighted by Crippen LogP contribution is -2.10. The van der Waals surface area contributed by atoms with Gasteiger partial charge in [-0.25, -0.2) is 0 Å². The second kappa shape index (κ2) is 15.1. The number of nitrogens with zero attached hydrogens (tertiary/aromatic N) is 1. The van der Waals surface area contributed by atoms with Gasteiger partial charge < -0.3 is 9.32 Å². The number of para-hydroxylation sites is 1. The second-order valence-electron chi connectivity index (χ2n) is 14.1. The van der Waals surface area contributed by atoms with E-state index in [1.165, 1.54) is 0 Å². The molecule has 2 nitrogen and oxygen atoms in total. The van der Waals surface area contributed by atoms with E-state index in [4.69, 9.17) is 15.4 Å². The fraction of sp³-hybridized carbons (Fsp3) is 0. The van der Waals surface area contributed by atoms with Crippen LogP contribution in [0.2, 0.25) is 0 Å². The monoisotopic (exact) mass is 780 g/mol. The Morgan fingerprint density at radius 1 is 0.383 bits per heavy atom. The van der Waals surface area contributed by atoms with Crippen LogP contribution >= 0.6 is 0 Å². The van der Waals surface area contributed by atoms with Crippen molar-refractivity contribution in [2.45, 2.75) is 0 Å². The Labute approximate surface area is 371 Å². The zero-order valence-electron chi connectivity index (χ0n) is 46.7. The molecule has 0 radical (unpaired) electrons. The first-order valence-corrected chi connectivity index (χ1v) is 19.3. The van der Waals surface area contributed by atoms with Crippen LogP contribution in [0.25, 0.3) is 88.3 Å². The van der Waals surface area contributed by atoms with Crippen molar-refractivity contribution in [2.24, 2.45) is 0 Å². The van der Waals surface area contributed by atoms with Gasteiger partial charge in [0.15, 0.2) is 0 Å². The summed E-state index contributed by atoms with van der Waals surface area (Å²) in [5.41, 5.74) is 5.00. The van der Waals surface area contributed by atoms with E-state index < -0.39 is 124 Å². The minimum absolute atomic E-state index is 0.200. The molecule has 0 amide bonds. The fourth-order valence-electron chi connectivity index (χ4n) is 7.68. The van der Waals surface area contributed by atoms with Gasteiger partial charge in [-0.05, 0) is 115 Å². The number of benzene rings is 10. The van der Waals surface area contributed by atoms with Crippen molar-refractivity contribution in [3.8, 4) is 55.6 Å². The van der Waals surface area contributed by atoms with Crippen molar-refractivity contribution in [3.63, 3.8) is 0 Å². The molecule has 0 unspecified atom stereocenters. The van der Waals surface area contributed by atoms with Crippen LogP contribution in [-0.2, 0) is 0 Å². The lowest BCUT2D eigenvalue weighted by Gasteiger charge is -2.27. The average molecular weight is 781 g/mol. The smallest absolute Gasteiger partial charge is 0.145 e. The first-order chi connectivity index (χ1) is 36.0. The van der Waals surface area contributed by atoms with E-state index in [-0.39, 0.29) is 5.69 Å². The van der Waals surface area contributed by atoms with E-state index >= 15 is 0 Å². The van der Waals surface area contributed by atoms with Gasteiger partial charge in [0.1, 0.15) is 11.2 Å². The summed E-state index contributed by atoms with van der Waals surface area (Å²) in [5, 5.41) is 0.322. The second-order valence-corrected chi connectivity index (χ2v) is 14.1. The molecule has 1 aromatic heterocycles. The third kappa shape index (κ3) is 6.41. The van der Waals surface area contributed by atoms with Crippen LogP contribution in [-0.4, -0.2) is 0 Å². The molecule has 0 saturated carbocycles. The highest BCUT2D eigenvalue weighted by molar-refractivity contribution is 6.17. The first-order valence-electron chi connectivity index (χ1n) is 26.8. The van der Waals surface area contributed by atoms with Crippen molar-refractivity contribution < 1.29 is 25.0 Å². The molecule has 0 aliphatic heterocycles. The average Bonchev–Trinajstić information content (AvgIpc) is 3.84. The lowest BCUT2D eigenvalue weighted by atomic mass is 9.95. The number of hydrogen-bond acceptors (Lipinski definition) is 2. The Hall–Kier alpha value is -7.94. The molecule has 0 N–H and O–H groups in total. The van der Waals surface area contributed by atoms with E-state index in [0.29, 0.717) is 33.3 Å². The molecule has 60 heavy (non-hydrogen) atoms. The lowest BCUT2D eigenvalue weighted by molar-refractivity contribution is 0.670. The third-order valence-electron chi connectivity index (χ3n) is 10.5. The SMILES string of the molecule is [2H]c1c([2H])c([2H])c(-c2c([2H])c([2H])c([2H])c3c([2H])c(-c4c([2H])c([2H])c(N(c5ccc(-c6cccc(-c7ccccc7)c6)cc5)c5ccc(-c6ccccc6)c6oc7ccccc7c56)c([2H])c4[2H])c([2H])c([2H])c23)c([2H])c1[2H]. The van der Waals surface area contributed by atoms with Gasteiger partial charge in [0.2, 0.25) is 0 Å². The van der Waals surface area contributed by atoms with Crippen LogP contribution in [0, 0.1) is 0 Å². The molecule has 0 atom stereocenters. The molecule has 0 bridgehead atoms. The molecule has 0 aliphatic rings. The van der Waals surface area contributed by atoms with Crippen LogP contribution in [0.1, 0.15) is 20.6 Å². The zero-order valence-corrected chi connectivity index (χ0v) is 31.7. The van der Waals surface area contributed by atoms with Crippen LogP contribution < -0.4 is 4.90 Å². The molecule has 0 aliphatic carbocycles. The molecule has 0 fully saturated rings. The summed E-state index contributed by atoms with van der Waals surface area (Å²) in [6.07, 6.45) is 0. The highest BCUT2D eigenvalue weighted by Crippen LogP contribution is 2.46. The van der Waals surface area contributed by atoms with Gasteiger partial charge in [-0.1, -0.05) is 182 Å². The predicted octanol–water partition coefficient (Wildman–Crippen LogP) is 16.5. The molecule has 0 saturated heterocycles. The Morgan fingerprint density at radius 3 is 1.82 bits per heavy atom. The summed E-state index contributed by atoms with van der Waals surface area (Å²) >= 11 is 0. The standard InChI is InChI=1S/C58H39NO/c1-4-14-40(15-5-1)45-20-12-21-46(38-45)41-26-31-49(32-27-41)59(55-37-36-53(44-18-8-3-9-19-44)58-57(55)54-23-10-11-25-56(54)60-58)50-33-28-42(29-34-50)47-30-35-52-48(39-47)22-13-24-51(52)43-16-6-2-7-17-43/h1-39H/i2D,6D,7D,13D,16D,17D,22D,24D,28D,29D,30D,33D,34D,35D,39D. The molecule has 10 aromatic carbocycles. The van der Waals surface area contributed by atoms with Crippen molar-refractivity contribution in [1.29, 1.82) is 0 Å². The van der Waals surface area contributed by atoms with Crippen LogP contribution in [0.3, 0.4) is 0 Å². The van der Waals surface area contributed by atoms with E-state index in [9.17, 15) is 9.60 Å². The Bertz CT molecular complexity index is 4120. The topological polar surface area (TPSA) is 16.4 Å². The number of rotatable bonds is 8. The van der Waals surface area contributed by atoms with Gasteiger partial charge in [0, 0.05) is 22.3 Å². The van der Waals surface area contributed by atoms with E-state index in [1.807, 2.05) is 140 Å². The number of fused-ring (bicyclic) bond motifs is 4. The normalized spacial score (nSPS) is 14.8. The van der Waals surface area contributed by atoms with Gasteiger partial charge >= 0.3 is 0 Å². The summed E-state index contributed by atoms with van der Waals surface area (Å²) in [6.45, 7) is 0. The van der Waals surface area contributed by atoms with Gasteiger partial charge in [0.25, 0.3) is 0 Å². The number of anilines is 3. The van der Waals surface area contributed by atoms with Crippen molar-refractivity contribution in [1.82, 2.24) is 0 Å². The molecular weight excluding hydrogens is 727 g/mol. The van der Waals surface area contributed by atoms with E-state index in [2.05, 4.69) is 6.07 Å². The summed E-state index contributed by atoms with van der Waals surface area (Å²) in [5.74, 6) is 0. The Balaban J connectivity index is 1.17. The minimum Gasteiger partial charge on any atom is -0.455 e. The van der Waals surface area contributed by atoms with Gasteiger partial charge in [-0.15, -0.1) is 0 Å². The summed E-state index contributed by atoms with van der Waals surface area (Å²) in [4.78, 5) is 1.63. The maximum Gasteiger partial charge on any atom is 0.145 e. The Morgan fingerprint density at radius 2 is 1.05 bits per heavy atom. The maximum atomic E-state index is 9.85. The quantitative estimate of drug-likeness (QED) is 0.153. The first kappa shape index (κ1) is 22.9. The molecule has 11 rings (SSSR count). The third-order valence-corrected chi connectivity index (χ3v) is 10.5. The van der Waals surface area contributed by atoms with Crippen LogP contribution in [0.15, 0.2) is 241 Å². The number of hydrogen-bond donors (Lipinski definition) is 0. The minimum atomic E-state index is -0.808. The molecular formula is C58H39NO. The Kier molecular flexibility index (Phi) is 5.75. The van der Waals surface area contributed by atoms with Gasteiger partial charge in [0.05, 0.1) is 31.6 Å². The number of furan rings is 1. The molecule has 282 valence electrons. The summed E-state index contributed by atoms with van der Waals surface area (Å²) in [7, 11) is 0. The molecule has 0 spiro atoms. The zero-order chi connectivity index (χ0) is 52.9. The highest BCUT2D eigenvalue weighted by atomic mass is 16.3. The molecule has 11 aromatic rings. The largest absolute Gasteiger partial charge is 0.455 e. The highest BCUT2D eigenvalue weighted by Gasteiger charge is 2.22. The van der Waals surface area contributed by atoms with Crippen molar-refractivity contribution >= 4 is 49.8 Å². The van der Waals surface area contributed by atoms with Crippen LogP contribution in [0.5, 0.6) is 0 Å². The van der Waals surface area contributed by atoms with Crippen molar-refractivity contribution in [2.75, 3.05) is 4.90 Å². The van der Waals surface area contributed by atoms with Gasteiger partial charge in [-0.3, -0.25) is 0 Å². The van der Waals surface area contributed by atoms with Crippen molar-refractivity contribution in [3.05, 3.63) is 236 Å². The summed E-state index contributed by atoms with van der Waals surface area (Å²) in [6, 6.07) is 35.3. The van der Waals surface area contributed by atoms with E-state index in [0.717, 1.165) is 33.4 Å². The maximum absolute atomic E-state index is 9.85. The van der Waals surface area contributed by atoms with Gasteiger partial charge in [-0.2, -0.15) is 0 Å². The predicted molar refractivity (Wildman–Crippen MR) is 253 cm³/mol. The van der Waals surface area contributed by atoms with Crippen LogP contribution in [0.4, 0.5) is 17.1 Å². The fourth-order valence-corrected chi connectivity index (χ4v) is 7.68.